The first-order valence-corrected chi connectivity index (χ1v) is 7.10. The largest absolute Gasteiger partial charge is 0.339 e. The van der Waals surface area contributed by atoms with Crippen LogP contribution in [-0.4, -0.2) is 11.8 Å². The Labute approximate surface area is 132 Å². The summed E-state index contributed by atoms with van der Waals surface area (Å²) in [6, 6.07) is 4.88. The highest BCUT2D eigenvalue weighted by Crippen LogP contribution is 2.48. The molecule has 23 heavy (non-hydrogen) atoms. The second-order valence-corrected chi connectivity index (χ2v) is 5.86. The molecule has 0 unspecified atom stereocenters. The van der Waals surface area contributed by atoms with E-state index in [-0.39, 0.29) is 12.0 Å². The highest BCUT2D eigenvalue weighted by molar-refractivity contribution is 5.72. The molecule has 0 spiro atoms. The number of rotatable bonds is 4. The number of hydrogen-bond donors (Lipinski definition) is 0. The van der Waals surface area contributed by atoms with E-state index in [9.17, 15) is 22.0 Å². The van der Waals surface area contributed by atoms with Crippen molar-refractivity contribution in [2.45, 2.75) is 38.5 Å². The molecule has 124 valence electrons. The molecule has 0 N–H and O–H groups in total. The molecule has 0 radical (unpaired) electrons. The SMILES string of the molecule is C=C(C)C(F)(F)C(F)(F)C(=C)C1=C(F)c2ccc(C)cc2CC1. The van der Waals surface area contributed by atoms with Gasteiger partial charge in [0.05, 0.1) is 0 Å². The molecule has 5 heteroatoms. The molecular formula is C18H17F5. The first-order valence-electron chi connectivity index (χ1n) is 7.10. The molecule has 0 aliphatic heterocycles. The molecule has 1 aliphatic carbocycles. The van der Waals surface area contributed by atoms with Crippen molar-refractivity contribution in [2.24, 2.45) is 0 Å². The first kappa shape index (κ1) is 17.4. The van der Waals surface area contributed by atoms with Gasteiger partial charge < -0.3 is 0 Å². The Morgan fingerprint density at radius 1 is 1.04 bits per heavy atom. The number of aryl methyl sites for hydroxylation is 2. The van der Waals surface area contributed by atoms with Gasteiger partial charge in [0.2, 0.25) is 0 Å². The summed E-state index contributed by atoms with van der Waals surface area (Å²) in [4.78, 5) is 0. The van der Waals surface area contributed by atoms with E-state index in [1.165, 1.54) is 6.07 Å². The quantitative estimate of drug-likeness (QED) is 0.468. The molecule has 2 rings (SSSR count). The fourth-order valence-electron chi connectivity index (χ4n) is 2.61. The van der Waals surface area contributed by atoms with Crippen molar-refractivity contribution >= 4 is 5.83 Å². The third-order valence-corrected chi connectivity index (χ3v) is 4.08. The van der Waals surface area contributed by atoms with E-state index in [1.54, 1.807) is 12.1 Å². The van der Waals surface area contributed by atoms with Crippen molar-refractivity contribution in [3.8, 4) is 0 Å². The van der Waals surface area contributed by atoms with Gasteiger partial charge in [-0.15, -0.1) is 0 Å². The summed E-state index contributed by atoms with van der Waals surface area (Å²) in [5.74, 6) is -9.98. The van der Waals surface area contributed by atoms with Crippen molar-refractivity contribution in [3.05, 3.63) is 64.8 Å². The predicted octanol–water partition coefficient (Wildman–Crippen LogP) is 6.02. The lowest BCUT2D eigenvalue weighted by atomic mass is 9.83. The van der Waals surface area contributed by atoms with Crippen LogP contribution in [0.25, 0.3) is 5.83 Å². The molecule has 0 aromatic heterocycles. The monoisotopic (exact) mass is 328 g/mol. The Bertz CT molecular complexity index is 710. The van der Waals surface area contributed by atoms with E-state index < -0.39 is 34.4 Å². The van der Waals surface area contributed by atoms with E-state index in [4.69, 9.17) is 0 Å². The smallest absolute Gasteiger partial charge is 0.206 e. The molecular weight excluding hydrogens is 311 g/mol. The number of alkyl halides is 4. The van der Waals surface area contributed by atoms with E-state index in [2.05, 4.69) is 13.2 Å². The molecule has 0 saturated heterocycles. The molecule has 0 nitrogen and oxygen atoms in total. The zero-order valence-electron chi connectivity index (χ0n) is 13.0. The van der Waals surface area contributed by atoms with Gasteiger partial charge in [-0.2, -0.15) is 17.6 Å². The lowest BCUT2D eigenvalue weighted by Crippen LogP contribution is -2.43. The van der Waals surface area contributed by atoms with Crippen LogP contribution in [0, 0.1) is 6.92 Å². The van der Waals surface area contributed by atoms with Gasteiger partial charge in [-0.3, -0.25) is 0 Å². The Hall–Kier alpha value is -1.91. The van der Waals surface area contributed by atoms with Crippen LogP contribution in [0.4, 0.5) is 22.0 Å². The van der Waals surface area contributed by atoms with E-state index in [0.717, 1.165) is 12.5 Å². The molecule has 0 heterocycles. The number of allylic oxidation sites excluding steroid dienone is 3. The standard InChI is InChI=1S/C18H17F5/c1-10(2)17(20,21)18(22,23)12(4)14-8-6-13-9-11(3)5-7-15(13)16(14)19/h5,7,9H,1,4,6,8H2,2-3H3. The van der Waals surface area contributed by atoms with E-state index >= 15 is 0 Å². The lowest BCUT2D eigenvalue weighted by Gasteiger charge is -2.31. The normalized spacial score (nSPS) is 15.4. The lowest BCUT2D eigenvalue weighted by molar-refractivity contribution is -0.159. The molecule has 0 fully saturated rings. The minimum absolute atomic E-state index is 0.0943. The van der Waals surface area contributed by atoms with Crippen molar-refractivity contribution in [1.82, 2.24) is 0 Å². The summed E-state index contributed by atoms with van der Waals surface area (Å²) >= 11 is 0. The van der Waals surface area contributed by atoms with Crippen LogP contribution in [0.3, 0.4) is 0 Å². The van der Waals surface area contributed by atoms with Crippen LogP contribution >= 0.6 is 0 Å². The second kappa shape index (κ2) is 5.62. The Morgan fingerprint density at radius 3 is 2.22 bits per heavy atom. The van der Waals surface area contributed by atoms with Gasteiger partial charge in [-0.05, 0) is 43.4 Å². The number of benzene rings is 1. The first-order chi connectivity index (χ1) is 10.5. The molecule has 0 amide bonds. The van der Waals surface area contributed by atoms with Crippen LogP contribution in [0.5, 0.6) is 0 Å². The maximum Gasteiger partial charge on any atom is 0.339 e. The van der Waals surface area contributed by atoms with Crippen molar-refractivity contribution in [3.63, 3.8) is 0 Å². The Morgan fingerprint density at radius 2 is 1.65 bits per heavy atom. The zero-order valence-corrected chi connectivity index (χ0v) is 13.0. The fraction of sp³-hybridized carbons (Fsp3) is 0.333. The average molecular weight is 328 g/mol. The predicted molar refractivity (Wildman–Crippen MR) is 81.4 cm³/mol. The van der Waals surface area contributed by atoms with Gasteiger partial charge in [-0.25, -0.2) is 4.39 Å². The van der Waals surface area contributed by atoms with Gasteiger partial charge >= 0.3 is 11.8 Å². The van der Waals surface area contributed by atoms with Gasteiger partial charge in [0.1, 0.15) is 5.83 Å². The number of halogens is 5. The average Bonchev–Trinajstić information content (AvgIpc) is 2.46. The summed E-state index contributed by atoms with van der Waals surface area (Å²) in [5, 5.41) is 0. The molecule has 1 aromatic carbocycles. The molecule has 0 atom stereocenters. The molecule has 0 bridgehead atoms. The topological polar surface area (TPSA) is 0 Å². The summed E-state index contributed by atoms with van der Waals surface area (Å²) in [6.45, 7) is 8.62. The van der Waals surface area contributed by atoms with Gasteiger partial charge in [0.25, 0.3) is 0 Å². The van der Waals surface area contributed by atoms with Gasteiger partial charge in [0, 0.05) is 11.1 Å². The van der Waals surface area contributed by atoms with Crippen molar-refractivity contribution < 1.29 is 22.0 Å². The number of hydrogen-bond acceptors (Lipinski definition) is 0. The molecule has 0 saturated carbocycles. The van der Waals surface area contributed by atoms with Crippen molar-refractivity contribution in [2.75, 3.05) is 0 Å². The van der Waals surface area contributed by atoms with Crippen LogP contribution in [-0.2, 0) is 6.42 Å². The minimum atomic E-state index is -4.59. The van der Waals surface area contributed by atoms with Crippen LogP contribution in [0.1, 0.15) is 30.0 Å². The minimum Gasteiger partial charge on any atom is -0.206 e. The second-order valence-electron chi connectivity index (χ2n) is 5.86. The van der Waals surface area contributed by atoms with Crippen LogP contribution in [0.15, 0.2) is 48.1 Å². The zero-order chi connectivity index (χ0) is 17.6. The maximum absolute atomic E-state index is 14.6. The molecule has 1 aromatic rings. The third kappa shape index (κ3) is 2.73. The van der Waals surface area contributed by atoms with E-state index in [0.29, 0.717) is 12.0 Å². The summed E-state index contributed by atoms with van der Waals surface area (Å²) < 4.78 is 70.3. The molecule has 1 aliphatic rings. The summed E-state index contributed by atoms with van der Waals surface area (Å²) in [6.07, 6.45) is 0.205. The van der Waals surface area contributed by atoms with Crippen molar-refractivity contribution in [1.29, 1.82) is 0 Å². The van der Waals surface area contributed by atoms with Gasteiger partial charge in [-0.1, -0.05) is 36.9 Å². The highest BCUT2D eigenvalue weighted by Gasteiger charge is 2.59. The summed E-state index contributed by atoms with van der Waals surface area (Å²) in [5.41, 5.74) is -0.877. The Kier molecular flexibility index (Phi) is 4.26. The summed E-state index contributed by atoms with van der Waals surface area (Å²) in [7, 11) is 0. The van der Waals surface area contributed by atoms with Gasteiger partial charge in [0.15, 0.2) is 0 Å². The fourth-order valence-corrected chi connectivity index (χ4v) is 2.61. The van der Waals surface area contributed by atoms with E-state index in [1.807, 2.05) is 6.92 Å². The number of fused-ring (bicyclic) bond motifs is 1. The third-order valence-electron chi connectivity index (χ3n) is 4.08. The maximum atomic E-state index is 14.6. The van der Waals surface area contributed by atoms with Crippen LogP contribution < -0.4 is 0 Å². The Balaban J connectivity index is 2.50. The van der Waals surface area contributed by atoms with Crippen LogP contribution in [0.2, 0.25) is 0 Å². The highest BCUT2D eigenvalue weighted by atomic mass is 19.3.